The minimum atomic E-state index is -0.357. The van der Waals surface area contributed by atoms with Crippen molar-refractivity contribution in [2.45, 2.75) is 32.4 Å². The molecule has 6 nitrogen and oxygen atoms in total. The number of halogens is 1. The monoisotopic (exact) mass is 320 g/mol. The van der Waals surface area contributed by atoms with E-state index in [1.165, 1.54) is 6.92 Å². The summed E-state index contributed by atoms with van der Waals surface area (Å²) in [7, 11) is 0. The topological polar surface area (TPSA) is 66.7 Å². The molecule has 2 aromatic heterocycles. The lowest BCUT2D eigenvalue weighted by Gasteiger charge is -2.22. The van der Waals surface area contributed by atoms with Crippen molar-refractivity contribution in [3.05, 3.63) is 35.2 Å². The molecule has 2 amide bonds. The summed E-state index contributed by atoms with van der Waals surface area (Å²) >= 11 is 5.93. The first-order valence-electron chi connectivity index (χ1n) is 7.22. The minimum absolute atomic E-state index is 0.0555. The summed E-state index contributed by atoms with van der Waals surface area (Å²) in [5.74, 6) is -0.178. The number of carbonyl (C=O) groups excluding carboxylic acids is 2. The Morgan fingerprint density at radius 3 is 3.00 bits per heavy atom. The maximum absolute atomic E-state index is 12.2. The second-order valence-electron chi connectivity index (χ2n) is 5.43. The molecule has 0 radical (unpaired) electrons. The number of likely N-dealkylation sites (tertiary alicyclic amines) is 1. The molecule has 22 heavy (non-hydrogen) atoms. The van der Waals surface area contributed by atoms with Gasteiger partial charge in [-0.3, -0.25) is 9.59 Å². The van der Waals surface area contributed by atoms with Crippen LogP contribution in [0.1, 0.15) is 25.5 Å². The summed E-state index contributed by atoms with van der Waals surface area (Å²) in [5, 5.41) is 3.49. The zero-order valence-electron chi connectivity index (χ0n) is 12.3. The highest BCUT2D eigenvalue weighted by atomic mass is 35.5. The molecule has 1 unspecified atom stereocenters. The second kappa shape index (κ2) is 5.96. The number of fused-ring (bicyclic) bond motifs is 1. The fourth-order valence-corrected chi connectivity index (χ4v) is 2.98. The minimum Gasteiger partial charge on any atom is -0.349 e. The number of amides is 2. The van der Waals surface area contributed by atoms with Crippen LogP contribution in [0.25, 0.3) is 5.65 Å². The Kier molecular flexibility index (Phi) is 4.02. The van der Waals surface area contributed by atoms with Gasteiger partial charge in [0.25, 0.3) is 0 Å². The molecule has 1 fully saturated rings. The van der Waals surface area contributed by atoms with Crippen molar-refractivity contribution in [3.8, 4) is 0 Å². The largest absolute Gasteiger partial charge is 0.349 e. The Labute approximate surface area is 133 Å². The Balaban J connectivity index is 1.66. The van der Waals surface area contributed by atoms with E-state index in [-0.39, 0.29) is 17.9 Å². The van der Waals surface area contributed by atoms with Crippen molar-refractivity contribution in [2.75, 3.05) is 6.54 Å². The fourth-order valence-electron chi connectivity index (χ4n) is 2.81. The van der Waals surface area contributed by atoms with Crippen molar-refractivity contribution < 1.29 is 9.59 Å². The quantitative estimate of drug-likeness (QED) is 0.934. The number of carbonyl (C=O) groups is 2. The smallest absolute Gasteiger partial charge is 0.243 e. The molecule has 1 saturated heterocycles. The third kappa shape index (κ3) is 2.92. The lowest BCUT2D eigenvalue weighted by molar-refractivity contribution is -0.136. The SMILES string of the molecule is CC(=O)N1CCCC1C(=O)NCc1cn2cc(Cl)ccc2n1. The molecule has 2 aromatic rings. The van der Waals surface area contributed by atoms with Gasteiger partial charge < -0.3 is 14.6 Å². The molecule has 1 N–H and O–H groups in total. The van der Waals surface area contributed by atoms with Crippen molar-refractivity contribution in [3.63, 3.8) is 0 Å². The van der Waals surface area contributed by atoms with Gasteiger partial charge in [0.05, 0.1) is 17.3 Å². The van der Waals surface area contributed by atoms with E-state index in [0.29, 0.717) is 24.5 Å². The third-order valence-electron chi connectivity index (χ3n) is 3.87. The van der Waals surface area contributed by atoms with Crippen LogP contribution in [0.2, 0.25) is 5.02 Å². The standard InChI is InChI=1S/C15H17ClN4O2/c1-10(21)20-6-2-3-13(20)15(22)17-7-12-9-19-8-11(16)4-5-14(19)18-12/h4-5,8-9,13H,2-3,6-7H2,1H3,(H,17,22). The number of hydrogen-bond acceptors (Lipinski definition) is 3. The summed E-state index contributed by atoms with van der Waals surface area (Å²) < 4.78 is 1.82. The molecule has 116 valence electrons. The molecule has 0 aromatic carbocycles. The zero-order chi connectivity index (χ0) is 15.7. The number of nitrogens with zero attached hydrogens (tertiary/aromatic N) is 3. The van der Waals surface area contributed by atoms with Crippen LogP contribution in [0.4, 0.5) is 0 Å². The van der Waals surface area contributed by atoms with Gasteiger partial charge in [0, 0.05) is 25.9 Å². The molecular weight excluding hydrogens is 304 g/mol. The van der Waals surface area contributed by atoms with Crippen LogP contribution in [0, 0.1) is 0 Å². The molecule has 3 heterocycles. The lowest BCUT2D eigenvalue weighted by atomic mass is 10.2. The van der Waals surface area contributed by atoms with Crippen molar-refractivity contribution in [2.24, 2.45) is 0 Å². The van der Waals surface area contributed by atoms with Gasteiger partial charge in [0.1, 0.15) is 11.7 Å². The molecule has 1 atom stereocenters. The zero-order valence-corrected chi connectivity index (χ0v) is 13.0. The third-order valence-corrected chi connectivity index (χ3v) is 4.09. The van der Waals surface area contributed by atoms with Crippen LogP contribution in [0.3, 0.4) is 0 Å². The van der Waals surface area contributed by atoms with Crippen LogP contribution in [-0.2, 0) is 16.1 Å². The Bertz CT molecular complexity index is 727. The molecule has 1 aliphatic heterocycles. The first-order valence-corrected chi connectivity index (χ1v) is 7.60. The molecule has 0 spiro atoms. The fraction of sp³-hybridized carbons (Fsp3) is 0.400. The van der Waals surface area contributed by atoms with Gasteiger partial charge in [-0.2, -0.15) is 0 Å². The number of rotatable bonds is 3. The van der Waals surface area contributed by atoms with Crippen LogP contribution in [0.5, 0.6) is 0 Å². The summed E-state index contributed by atoms with van der Waals surface area (Å²) in [4.78, 5) is 29.8. The normalized spacial score (nSPS) is 17.9. The number of pyridine rings is 1. The molecule has 0 aliphatic carbocycles. The predicted molar refractivity (Wildman–Crippen MR) is 82.5 cm³/mol. The van der Waals surface area contributed by atoms with Crippen LogP contribution in [-0.4, -0.2) is 38.7 Å². The van der Waals surface area contributed by atoms with Gasteiger partial charge >= 0.3 is 0 Å². The Hall–Kier alpha value is -2.08. The Morgan fingerprint density at radius 1 is 1.41 bits per heavy atom. The van der Waals surface area contributed by atoms with E-state index >= 15 is 0 Å². The number of imidazole rings is 1. The van der Waals surface area contributed by atoms with Crippen LogP contribution < -0.4 is 5.32 Å². The van der Waals surface area contributed by atoms with Gasteiger partial charge in [0.15, 0.2) is 0 Å². The molecule has 1 aliphatic rings. The van der Waals surface area contributed by atoms with Crippen LogP contribution in [0.15, 0.2) is 24.5 Å². The summed E-state index contributed by atoms with van der Waals surface area (Å²) in [6.07, 6.45) is 5.18. The van der Waals surface area contributed by atoms with E-state index < -0.39 is 0 Å². The average molecular weight is 321 g/mol. The summed E-state index contributed by atoms with van der Waals surface area (Å²) in [6, 6.07) is 3.24. The first kappa shape index (κ1) is 14.8. The average Bonchev–Trinajstić information content (AvgIpc) is 3.10. The molecule has 7 heteroatoms. The van der Waals surface area contributed by atoms with Crippen LogP contribution >= 0.6 is 11.6 Å². The highest BCUT2D eigenvalue weighted by Crippen LogP contribution is 2.17. The number of aromatic nitrogens is 2. The molecule has 0 saturated carbocycles. The summed E-state index contributed by atoms with van der Waals surface area (Å²) in [5.41, 5.74) is 1.53. The highest BCUT2D eigenvalue weighted by molar-refractivity contribution is 6.30. The van der Waals surface area contributed by atoms with E-state index in [2.05, 4.69) is 10.3 Å². The van der Waals surface area contributed by atoms with Crippen molar-refractivity contribution >= 4 is 29.1 Å². The highest BCUT2D eigenvalue weighted by Gasteiger charge is 2.32. The maximum Gasteiger partial charge on any atom is 0.243 e. The maximum atomic E-state index is 12.2. The van der Waals surface area contributed by atoms with E-state index in [9.17, 15) is 9.59 Å². The first-order chi connectivity index (χ1) is 10.5. The van der Waals surface area contributed by atoms with Gasteiger partial charge in [-0.15, -0.1) is 0 Å². The predicted octanol–water partition coefficient (Wildman–Crippen LogP) is 1.61. The molecule has 3 rings (SSSR count). The van der Waals surface area contributed by atoms with Gasteiger partial charge in [-0.1, -0.05) is 11.6 Å². The van der Waals surface area contributed by atoms with Gasteiger partial charge in [-0.05, 0) is 25.0 Å². The van der Waals surface area contributed by atoms with Gasteiger partial charge in [0.2, 0.25) is 11.8 Å². The molecule has 0 bridgehead atoms. The van der Waals surface area contributed by atoms with Gasteiger partial charge in [-0.25, -0.2) is 4.98 Å². The van der Waals surface area contributed by atoms with E-state index in [1.54, 1.807) is 17.2 Å². The Morgan fingerprint density at radius 2 is 2.23 bits per heavy atom. The number of hydrogen-bond donors (Lipinski definition) is 1. The van der Waals surface area contributed by atoms with E-state index in [4.69, 9.17) is 11.6 Å². The number of nitrogens with one attached hydrogen (secondary N) is 1. The molecular formula is C15H17ClN4O2. The lowest BCUT2D eigenvalue weighted by Crippen LogP contribution is -2.44. The second-order valence-corrected chi connectivity index (χ2v) is 5.87. The van der Waals surface area contributed by atoms with Crippen molar-refractivity contribution in [1.29, 1.82) is 0 Å². The summed E-state index contributed by atoms with van der Waals surface area (Å²) in [6.45, 7) is 2.48. The van der Waals surface area contributed by atoms with E-state index in [0.717, 1.165) is 17.8 Å². The van der Waals surface area contributed by atoms with E-state index in [1.807, 2.05) is 16.7 Å². The van der Waals surface area contributed by atoms with Crippen molar-refractivity contribution in [1.82, 2.24) is 19.6 Å².